The molecular weight excluding hydrogens is 396 g/mol. The molecule has 0 radical (unpaired) electrons. The number of nitrogens with zero attached hydrogens (tertiary/aromatic N) is 2. The second-order valence-electron chi connectivity index (χ2n) is 8.85. The number of aryl methyl sites for hydroxylation is 3. The summed E-state index contributed by atoms with van der Waals surface area (Å²) >= 11 is 0. The Balaban J connectivity index is 1.52. The number of amides is 5. The zero-order valence-corrected chi connectivity index (χ0v) is 18.8. The topological polar surface area (TPSA) is 98.8 Å². The van der Waals surface area contributed by atoms with Gasteiger partial charge in [-0.2, -0.15) is 0 Å². The van der Waals surface area contributed by atoms with Crippen molar-refractivity contribution in [3.63, 3.8) is 0 Å². The van der Waals surface area contributed by atoms with E-state index in [0.29, 0.717) is 12.8 Å². The van der Waals surface area contributed by atoms with Crippen LogP contribution in [0, 0.1) is 20.8 Å². The summed E-state index contributed by atoms with van der Waals surface area (Å²) in [6.45, 7) is 5.78. The van der Waals surface area contributed by atoms with Gasteiger partial charge >= 0.3 is 6.03 Å². The number of rotatable bonds is 6. The van der Waals surface area contributed by atoms with Crippen LogP contribution in [0.3, 0.4) is 0 Å². The average molecular weight is 429 g/mol. The minimum absolute atomic E-state index is 0.0123. The number of carbonyl (C=O) groups excluding carboxylic acids is 4. The fourth-order valence-corrected chi connectivity index (χ4v) is 4.63. The van der Waals surface area contributed by atoms with Crippen molar-refractivity contribution in [1.82, 2.24) is 15.1 Å². The first-order valence-corrected chi connectivity index (χ1v) is 10.9. The largest absolute Gasteiger partial charge is 0.336 e. The number of benzene rings is 1. The van der Waals surface area contributed by atoms with E-state index in [1.807, 2.05) is 32.9 Å². The lowest BCUT2D eigenvalue weighted by Gasteiger charge is -2.30. The number of anilines is 1. The van der Waals surface area contributed by atoms with Gasteiger partial charge in [0.25, 0.3) is 5.91 Å². The number of likely N-dealkylation sites (N-methyl/N-ethyl adjacent to an activating group) is 1. The van der Waals surface area contributed by atoms with Crippen LogP contribution in [0.1, 0.15) is 55.2 Å². The summed E-state index contributed by atoms with van der Waals surface area (Å²) in [5.74, 6) is -0.810. The SMILES string of the molecule is Cc1cc(C)c(NC(=O)CN(C)C(=O)CCN2C(=O)NC3(CCCCC3)C2=O)c(C)c1. The highest BCUT2D eigenvalue weighted by Crippen LogP contribution is 2.33. The molecule has 1 aromatic rings. The Morgan fingerprint density at radius 2 is 1.71 bits per heavy atom. The third kappa shape index (κ3) is 4.89. The molecule has 1 heterocycles. The van der Waals surface area contributed by atoms with E-state index in [2.05, 4.69) is 10.6 Å². The number of hydrogen-bond donors (Lipinski definition) is 2. The first-order valence-electron chi connectivity index (χ1n) is 10.9. The van der Waals surface area contributed by atoms with Crippen molar-refractivity contribution < 1.29 is 19.2 Å². The van der Waals surface area contributed by atoms with E-state index in [1.165, 1.54) is 4.90 Å². The Labute approximate surface area is 183 Å². The summed E-state index contributed by atoms with van der Waals surface area (Å²) in [7, 11) is 1.55. The minimum atomic E-state index is -0.784. The highest BCUT2D eigenvalue weighted by atomic mass is 16.2. The highest BCUT2D eigenvalue weighted by molar-refractivity contribution is 6.07. The van der Waals surface area contributed by atoms with E-state index in [9.17, 15) is 19.2 Å². The smallest absolute Gasteiger partial charge is 0.325 e. The van der Waals surface area contributed by atoms with Gasteiger partial charge in [-0.3, -0.25) is 19.3 Å². The van der Waals surface area contributed by atoms with E-state index < -0.39 is 11.6 Å². The van der Waals surface area contributed by atoms with Crippen molar-refractivity contribution in [2.24, 2.45) is 0 Å². The molecule has 1 aromatic carbocycles. The molecule has 1 saturated heterocycles. The van der Waals surface area contributed by atoms with Crippen LogP contribution in [0.4, 0.5) is 10.5 Å². The van der Waals surface area contributed by atoms with Gasteiger partial charge in [-0.15, -0.1) is 0 Å². The fourth-order valence-electron chi connectivity index (χ4n) is 4.63. The molecule has 2 fully saturated rings. The second kappa shape index (κ2) is 9.08. The van der Waals surface area contributed by atoms with E-state index in [0.717, 1.165) is 46.5 Å². The molecule has 0 unspecified atom stereocenters. The minimum Gasteiger partial charge on any atom is -0.336 e. The third-order valence-corrected chi connectivity index (χ3v) is 6.25. The van der Waals surface area contributed by atoms with E-state index in [-0.39, 0.29) is 37.2 Å². The molecule has 8 nitrogen and oxygen atoms in total. The maximum atomic E-state index is 12.8. The Kier molecular flexibility index (Phi) is 6.67. The molecule has 5 amide bonds. The molecule has 0 bridgehead atoms. The summed E-state index contributed by atoms with van der Waals surface area (Å²) in [5, 5.41) is 5.72. The van der Waals surface area contributed by atoms with Crippen molar-refractivity contribution in [2.75, 3.05) is 25.5 Å². The summed E-state index contributed by atoms with van der Waals surface area (Å²) < 4.78 is 0. The Hall–Kier alpha value is -2.90. The van der Waals surface area contributed by atoms with Gasteiger partial charge in [-0.25, -0.2) is 4.79 Å². The van der Waals surface area contributed by atoms with Gasteiger partial charge in [-0.1, -0.05) is 37.0 Å². The van der Waals surface area contributed by atoms with Crippen LogP contribution in [0.2, 0.25) is 0 Å². The van der Waals surface area contributed by atoms with Crippen molar-refractivity contribution in [2.45, 2.75) is 64.8 Å². The van der Waals surface area contributed by atoms with Crippen LogP contribution in [0.25, 0.3) is 0 Å². The first kappa shape index (κ1) is 22.8. The van der Waals surface area contributed by atoms with Crippen LogP contribution in [-0.2, 0) is 14.4 Å². The molecule has 2 N–H and O–H groups in total. The maximum Gasteiger partial charge on any atom is 0.325 e. The molecule has 0 aromatic heterocycles. The number of hydrogen-bond acceptors (Lipinski definition) is 4. The van der Waals surface area contributed by atoms with Gasteiger partial charge in [0, 0.05) is 25.7 Å². The Morgan fingerprint density at radius 3 is 2.32 bits per heavy atom. The van der Waals surface area contributed by atoms with E-state index in [1.54, 1.807) is 7.05 Å². The van der Waals surface area contributed by atoms with Crippen molar-refractivity contribution in [3.05, 3.63) is 28.8 Å². The third-order valence-electron chi connectivity index (χ3n) is 6.25. The summed E-state index contributed by atoms with van der Waals surface area (Å²) in [6.07, 6.45) is 4.19. The normalized spacial score (nSPS) is 17.6. The molecule has 8 heteroatoms. The van der Waals surface area contributed by atoms with Crippen LogP contribution in [-0.4, -0.2) is 59.2 Å². The molecule has 168 valence electrons. The van der Waals surface area contributed by atoms with Crippen molar-refractivity contribution in [3.8, 4) is 0 Å². The lowest BCUT2D eigenvalue weighted by molar-refractivity contribution is -0.135. The molecule has 31 heavy (non-hydrogen) atoms. The standard InChI is InChI=1S/C23H32N4O4/c1-15-12-16(2)20(17(3)13-15)24-18(28)14-26(4)19(29)8-11-27-21(30)23(25-22(27)31)9-6-5-7-10-23/h12-13H,5-11,14H2,1-4H3,(H,24,28)(H,25,31). The average Bonchev–Trinajstić information content (AvgIpc) is 2.92. The quantitative estimate of drug-likeness (QED) is 0.681. The van der Waals surface area contributed by atoms with Gasteiger partial charge < -0.3 is 15.5 Å². The van der Waals surface area contributed by atoms with Gasteiger partial charge in [0.2, 0.25) is 11.8 Å². The zero-order valence-electron chi connectivity index (χ0n) is 18.8. The Bertz CT molecular complexity index is 882. The number of carbonyl (C=O) groups is 4. The predicted molar refractivity (Wildman–Crippen MR) is 118 cm³/mol. The van der Waals surface area contributed by atoms with Gasteiger partial charge in [-0.05, 0) is 44.7 Å². The lowest BCUT2D eigenvalue weighted by Crippen LogP contribution is -2.48. The molecule has 1 spiro atoms. The molecule has 1 saturated carbocycles. The zero-order chi connectivity index (χ0) is 22.8. The van der Waals surface area contributed by atoms with Crippen LogP contribution >= 0.6 is 0 Å². The maximum absolute atomic E-state index is 12.8. The monoisotopic (exact) mass is 428 g/mol. The highest BCUT2D eigenvalue weighted by Gasteiger charge is 2.51. The molecule has 3 rings (SSSR count). The predicted octanol–water partition coefficient (Wildman–Crippen LogP) is 2.65. The molecular formula is C23H32N4O4. The fraction of sp³-hybridized carbons (Fsp3) is 0.565. The molecule has 0 atom stereocenters. The van der Waals surface area contributed by atoms with Crippen LogP contribution in [0.5, 0.6) is 0 Å². The van der Waals surface area contributed by atoms with Crippen molar-refractivity contribution in [1.29, 1.82) is 0 Å². The lowest BCUT2D eigenvalue weighted by atomic mass is 9.82. The summed E-state index contributed by atoms with van der Waals surface area (Å²) in [5.41, 5.74) is 3.03. The Morgan fingerprint density at radius 1 is 1.10 bits per heavy atom. The second-order valence-corrected chi connectivity index (χ2v) is 8.85. The van der Waals surface area contributed by atoms with Crippen molar-refractivity contribution >= 4 is 29.4 Å². The van der Waals surface area contributed by atoms with Gasteiger partial charge in [0.05, 0.1) is 6.54 Å². The number of urea groups is 1. The van der Waals surface area contributed by atoms with E-state index in [4.69, 9.17) is 0 Å². The first-order chi connectivity index (χ1) is 14.6. The summed E-state index contributed by atoms with van der Waals surface area (Å²) in [6, 6.07) is 3.56. The van der Waals surface area contributed by atoms with Crippen LogP contribution < -0.4 is 10.6 Å². The molecule has 1 aliphatic carbocycles. The van der Waals surface area contributed by atoms with Crippen LogP contribution in [0.15, 0.2) is 12.1 Å². The molecule has 2 aliphatic rings. The number of nitrogens with one attached hydrogen (secondary N) is 2. The van der Waals surface area contributed by atoms with E-state index >= 15 is 0 Å². The van der Waals surface area contributed by atoms with Gasteiger partial charge in [0.1, 0.15) is 5.54 Å². The number of imide groups is 1. The molecule has 1 aliphatic heterocycles. The van der Waals surface area contributed by atoms with Gasteiger partial charge in [0.15, 0.2) is 0 Å². The summed E-state index contributed by atoms with van der Waals surface area (Å²) in [4.78, 5) is 52.6.